The minimum absolute atomic E-state index is 0.219. The summed E-state index contributed by atoms with van der Waals surface area (Å²) in [5.74, 6) is 0.497. The third kappa shape index (κ3) is 2.01. The summed E-state index contributed by atoms with van der Waals surface area (Å²) in [5.41, 5.74) is 6.25. The molecule has 2 N–H and O–H groups in total. The number of aromatic nitrogens is 1. The van der Waals surface area contributed by atoms with Crippen LogP contribution in [0.5, 0.6) is 0 Å². The SMILES string of the molecule is Cc1nc(C2(C)CCS(=O)(=O)C2)sc1CN. The molecular formula is C10H16N2O2S2. The van der Waals surface area contributed by atoms with Crippen molar-refractivity contribution in [1.82, 2.24) is 4.98 Å². The van der Waals surface area contributed by atoms with Crippen molar-refractivity contribution in [2.45, 2.75) is 32.2 Å². The topological polar surface area (TPSA) is 73.0 Å². The molecule has 0 aliphatic carbocycles. The highest BCUT2D eigenvalue weighted by molar-refractivity contribution is 7.91. The Labute approximate surface area is 99.8 Å². The molecule has 6 heteroatoms. The van der Waals surface area contributed by atoms with Crippen molar-refractivity contribution in [3.05, 3.63) is 15.6 Å². The zero-order chi connectivity index (χ0) is 12.0. The van der Waals surface area contributed by atoms with E-state index in [1.807, 2.05) is 13.8 Å². The van der Waals surface area contributed by atoms with Crippen LogP contribution in [0.25, 0.3) is 0 Å². The van der Waals surface area contributed by atoms with Gasteiger partial charge >= 0.3 is 0 Å². The first kappa shape index (κ1) is 12.0. The van der Waals surface area contributed by atoms with Crippen molar-refractivity contribution in [3.8, 4) is 0 Å². The van der Waals surface area contributed by atoms with Crippen LogP contribution in [0.3, 0.4) is 0 Å². The largest absolute Gasteiger partial charge is 0.326 e. The second-order valence-electron chi connectivity index (χ2n) is 4.63. The zero-order valence-corrected chi connectivity index (χ0v) is 11.1. The smallest absolute Gasteiger partial charge is 0.151 e. The fraction of sp³-hybridized carbons (Fsp3) is 0.700. The number of thiazole rings is 1. The van der Waals surface area contributed by atoms with Gasteiger partial charge in [0.25, 0.3) is 0 Å². The molecule has 2 rings (SSSR count). The predicted molar refractivity (Wildman–Crippen MR) is 65.4 cm³/mol. The van der Waals surface area contributed by atoms with Crippen LogP contribution in [0.2, 0.25) is 0 Å². The molecule has 0 amide bonds. The number of rotatable bonds is 2. The Kier molecular flexibility index (Phi) is 2.84. The van der Waals surface area contributed by atoms with E-state index in [2.05, 4.69) is 4.98 Å². The number of nitrogens with two attached hydrogens (primary N) is 1. The third-order valence-corrected chi connectivity index (χ3v) is 6.49. The summed E-state index contributed by atoms with van der Waals surface area (Å²) in [6.45, 7) is 4.39. The van der Waals surface area contributed by atoms with E-state index in [1.165, 1.54) is 0 Å². The van der Waals surface area contributed by atoms with Crippen molar-refractivity contribution in [2.75, 3.05) is 11.5 Å². The summed E-state index contributed by atoms with van der Waals surface area (Å²) in [5, 5.41) is 0.923. The lowest BCUT2D eigenvalue weighted by Gasteiger charge is -2.18. The molecule has 1 fully saturated rings. The van der Waals surface area contributed by atoms with E-state index >= 15 is 0 Å². The van der Waals surface area contributed by atoms with Gasteiger partial charge in [0.2, 0.25) is 0 Å². The number of hydrogen-bond acceptors (Lipinski definition) is 5. The first-order valence-corrected chi connectivity index (χ1v) is 7.87. The maximum Gasteiger partial charge on any atom is 0.151 e. The quantitative estimate of drug-likeness (QED) is 0.860. The molecule has 1 aliphatic rings. The Morgan fingerprint density at radius 1 is 1.56 bits per heavy atom. The minimum atomic E-state index is -2.88. The Hall–Kier alpha value is -0.460. The Balaban J connectivity index is 2.37. The van der Waals surface area contributed by atoms with Crippen LogP contribution < -0.4 is 5.73 Å². The molecule has 90 valence electrons. The Morgan fingerprint density at radius 2 is 2.25 bits per heavy atom. The highest BCUT2D eigenvalue weighted by atomic mass is 32.2. The lowest BCUT2D eigenvalue weighted by atomic mass is 9.91. The van der Waals surface area contributed by atoms with Gasteiger partial charge in [0.15, 0.2) is 9.84 Å². The molecule has 0 saturated carbocycles. The van der Waals surface area contributed by atoms with Crippen molar-refractivity contribution in [2.24, 2.45) is 5.73 Å². The highest BCUT2D eigenvalue weighted by Gasteiger charge is 2.42. The molecule has 1 saturated heterocycles. The van der Waals surface area contributed by atoms with E-state index in [9.17, 15) is 8.42 Å². The second-order valence-corrected chi connectivity index (χ2v) is 7.90. The van der Waals surface area contributed by atoms with Gasteiger partial charge in [-0.15, -0.1) is 11.3 Å². The summed E-state index contributed by atoms with van der Waals surface area (Å²) in [6.07, 6.45) is 0.673. The van der Waals surface area contributed by atoms with E-state index in [4.69, 9.17) is 5.73 Å². The average Bonchev–Trinajstić information content (AvgIpc) is 2.68. The Bertz CT molecular complexity index is 507. The molecule has 0 bridgehead atoms. The molecule has 1 atom stereocenters. The van der Waals surface area contributed by atoms with Crippen LogP contribution in [-0.2, 0) is 21.8 Å². The molecule has 16 heavy (non-hydrogen) atoms. The first-order chi connectivity index (χ1) is 7.36. The first-order valence-electron chi connectivity index (χ1n) is 5.24. The normalized spacial score (nSPS) is 28.4. The van der Waals surface area contributed by atoms with Gasteiger partial charge in [-0.05, 0) is 13.3 Å². The second kappa shape index (κ2) is 3.78. The lowest BCUT2D eigenvalue weighted by molar-refractivity contribution is 0.532. The zero-order valence-electron chi connectivity index (χ0n) is 9.49. The van der Waals surface area contributed by atoms with Crippen molar-refractivity contribution in [1.29, 1.82) is 0 Å². The molecule has 0 spiro atoms. The predicted octanol–water partition coefficient (Wildman–Crippen LogP) is 0.986. The van der Waals surface area contributed by atoms with Crippen LogP contribution in [0.4, 0.5) is 0 Å². The van der Waals surface area contributed by atoms with Gasteiger partial charge in [0.1, 0.15) is 5.01 Å². The van der Waals surface area contributed by atoms with E-state index in [0.717, 1.165) is 15.6 Å². The average molecular weight is 260 g/mol. The summed E-state index contributed by atoms with van der Waals surface area (Å²) >= 11 is 1.56. The van der Waals surface area contributed by atoms with Gasteiger partial charge in [-0.1, -0.05) is 6.92 Å². The summed E-state index contributed by atoms with van der Waals surface area (Å²) < 4.78 is 23.1. The highest BCUT2D eigenvalue weighted by Crippen LogP contribution is 2.38. The molecule has 1 aliphatic heterocycles. The van der Waals surface area contributed by atoms with Gasteiger partial charge in [0, 0.05) is 16.8 Å². The lowest BCUT2D eigenvalue weighted by Crippen LogP contribution is -2.23. The standard InChI is InChI=1S/C10H16N2O2S2/c1-7-8(5-11)15-9(12-7)10(2)3-4-16(13,14)6-10/h3-6,11H2,1-2H3. The van der Waals surface area contributed by atoms with Gasteiger partial charge in [-0.3, -0.25) is 0 Å². The fourth-order valence-corrected chi connectivity index (χ4v) is 5.42. The molecule has 1 aromatic heterocycles. The number of hydrogen-bond donors (Lipinski definition) is 1. The number of aryl methyl sites for hydroxylation is 1. The van der Waals surface area contributed by atoms with E-state index in [0.29, 0.717) is 13.0 Å². The van der Waals surface area contributed by atoms with Crippen LogP contribution in [0.1, 0.15) is 28.9 Å². The van der Waals surface area contributed by atoms with Crippen LogP contribution in [-0.4, -0.2) is 24.9 Å². The third-order valence-electron chi connectivity index (χ3n) is 3.10. The molecule has 0 aromatic carbocycles. The minimum Gasteiger partial charge on any atom is -0.326 e. The molecule has 2 heterocycles. The van der Waals surface area contributed by atoms with Crippen LogP contribution >= 0.6 is 11.3 Å². The van der Waals surface area contributed by atoms with E-state index < -0.39 is 9.84 Å². The Morgan fingerprint density at radius 3 is 2.69 bits per heavy atom. The molecule has 1 aromatic rings. The maximum absolute atomic E-state index is 11.5. The molecular weight excluding hydrogens is 244 g/mol. The van der Waals surface area contributed by atoms with Crippen LogP contribution in [0.15, 0.2) is 0 Å². The number of sulfone groups is 1. The molecule has 4 nitrogen and oxygen atoms in total. The summed E-state index contributed by atoms with van der Waals surface area (Å²) in [6, 6.07) is 0. The van der Waals surface area contributed by atoms with Gasteiger partial charge in [0.05, 0.1) is 17.2 Å². The van der Waals surface area contributed by atoms with E-state index in [-0.39, 0.29) is 16.9 Å². The van der Waals surface area contributed by atoms with E-state index in [1.54, 1.807) is 11.3 Å². The number of nitrogens with zero attached hydrogens (tertiary/aromatic N) is 1. The van der Waals surface area contributed by atoms with Crippen molar-refractivity contribution >= 4 is 21.2 Å². The van der Waals surface area contributed by atoms with Gasteiger partial charge in [-0.2, -0.15) is 0 Å². The maximum atomic E-state index is 11.5. The van der Waals surface area contributed by atoms with Crippen molar-refractivity contribution in [3.63, 3.8) is 0 Å². The monoisotopic (exact) mass is 260 g/mol. The van der Waals surface area contributed by atoms with Crippen molar-refractivity contribution < 1.29 is 8.42 Å². The summed E-state index contributed by atoms with van der Waals surface area (Å²) in [7, 11) is -2.88. The summed E-state index contributed by atoms with van der Waals surface area (Å²) in [4.78, 5) is 5.53. The fourth-order valence-electron chi connectivity index (χ4n) is 2.05. The van der Waals surface area contributed by atoms with Crippen LogP contribution in [0, 0.1) is 6.92 Å². The molecule has 1 unspecified atom stereocenters. The molecule has 0 radical (unpaired) electrons. The van der Waals surface area contributed by atoms with Gasteiger partial charge in [-0.25, -0.2) is 13.4 Å². The van der Waals surface area contributed by atoms with Gasteiger partial charge < -0.3 is 5.73 Å².